The van der Waals surface area contributed by atoms with Gasteiger partial charge in [-0.2, -0.15) is 0 Å². The zero-order valence-corrected chi connectivity index (χ0v) is 22.0. The molecule has 0 amide bonds. The number of ketones is 1. The number of Topliss-reactive ketones (excluding diaryl/α,β-unsaturated/α-hetero) is 1. The van der Waals surface area contributed by atoms with Crippen molar-refractivity contribution < 1.29 is 19.4 Å². The Labute approximate surface area is 218 Å². The maximum absolute atomic E-state index is 13.1. The molecule has 0 radical (unpaired) electrons. The minimum absolute atomic E-state index is 0.0636. The van der Waals surface area contributed by atoms with Crippen LogP contribution >= 0.6 is 0 Å². The van der Waals surface area contributed by atoms with Gasteiger partial charge in [0.15, 0.2) is 5.76 Å². The van der Waals surface area contributed by atoms with E-state index in [1.807, 2.05) is 24.3 Å². The van der Waals surface area contributed by atoms with E-state index in [1.54, 1.807) is 25.3 Å². The number of methoxy groups -OCH3 is 1. The molecule has 1 fully saturated rings. The number of phenolic OH excluding ortho intramolecular Hbond substituents is 1. The van der Waals surface area contributed by atoms with E-state index in [9.17, 15) is 9.90 Å². The van der Waals surface area contributed by atoms with Crippen LogP contribution in [0.5, 0.6) is 17.2 Å². The zero-order chi connectivity index (χ0) is 26.2. The predicted octanol–water partition coefficient (Wildman–Crippen LogP) is 5.64. The van der Waals surface area contributed by atoms with Crippen LogP contribution in [-0.2, 0) is 12.0 Å². The number of ether oxygens (including phenoxy) is 2. The molecule has 0 spiro atoms. The average Bonchev–Trinajstić information content (AvgIpc) is 3.21. The first kappa shape index (κ1) is 24.9. The van der Waals surface area contributed by atoms with Crippen LogP contribution in [-0.4, -0.2) is 49.1 Å². The summed E-state index contributed by atoms with van der Waals surface area (Å²) < 4.78 is 11.4. The average molecular weight is 499 g/mol. The van der Waals surface area contributed by atoms with Gasteiger partial charge in [0.1, 0.15) is 17.2 Å². The number of piperazine rings is 1. The van der Waals surface area contributed by atoms with Gasteiger partial charge in [0, 0.05) is 38.4 Å². The molecule has 6 heteroatoms. The van der Waals surface area contributed by atoms with Gasteiger partial charge in [-0.05, 0) is 59.0 Å². The Morgan fingerprint density at radius 1 is 0.946 bits per heavy atom. The summed E-state index contributed by atoms with van der Waals surface area (Å²) >= 11 is 0. The maximum Gasteiger partial charge on any atom is 0.231 e. The topological polar surface area (TPSA) is 62.2 Å². The molecule has 3 aromatic carbocycles. The van der Waals surface area contributed by atoms with E-state index in [0.717, 1.165) is 37.5 Å². The Bertz CT molecular complexity index is 1310. The molecule has 3 aromatic rings. The van der Waals surface area contributed by atoms with Gasteiger partial charge in [-0.25, -0.2) is 0 Å². The fourth-order valence-corrected chi connectivity index (χ4v) is 4.86. The van der Waals surface area contributed by atoms with Crippen LogP contribution in [0.3, 0.4) is 0 Å². The van der Waals surface area contributed by atoms with Gasteiger partial charge >= 0.3 is 0 Å². The third kappa shape index (κ3) is 5.20. The van der Waals surface area contributed by atoms with Crippen molar-refractivity contribution in [2.24, 2.45) is 0 Å². The summed E-state index contributed by atoms with van der Waals surface area (Å²) in [5.41, 5.74) is 4.54. The summed E-state index contributed by atoms with van der Waals surface area (Å²) in [6, 6.07) is 19.6. The Morgan fingerprint density at radius 2 is 1.62 bits per heavy atom. The van der Waals surface area contributed by atoms with Crippen LogP contribution < -0.4 is 14.4 Å². The Balaban J connectivity index is 1.29. The first-order valence-electron chi connectivity index (χ1n) is 12.7. The van der Waals surface area contributed by atoms with Gasteiger partial charge in [-0.15, -0.1) is 0 Å². The van der Waals surface area contributed by atoms with Crippen LogP contribution in [0.25, 0.3) is 6.08 Å². The summed E-state index contributed by atoms with van der Waals surface area (Å²) in [6.07, 6.45) is 1.78. The Kier molecular flexibility index (Phi) is 6.69. The number of hydrogen-bond acceptors (Lipinski definition) is 6. The van der Waals surface area contributed by atoms with E-state index in [-0.39, 0.29) is 22.7 Å². The van der Waals surface area contributed by atoms with Gasteiger partial charge in [-0.1, -0.05) is 45.0 Å². The molecule has 0 aliphatic carbocycles. The van der Waals surface area contributed by atoms with Gasteiger partial charge in [0.2, 0.25) is 5.78 Å². The number of hydrogen-bond donors (Lipinski definition) is 1. The third-order valence-corrected chi connectivity index (χ3v) is 7.18. The molecule has 37 heavy (non-hydrogen) atoms. The lowest BCUT2D eigenvalue weighted by molar-refractivity contribution is 0.101. The lowest BCUT2D eigenvalue weighted by Gasteiger charge is -2.36. The third-order valence-electron chi connectivity index (χ3n) is 7.18. The molecule has 2 aliphatic rings. The number of nitrogens with zero attached hydrogens (tertiary/aromatic N) is 2. The van der Waals surface area contributed by atoms with Crippen molar-refractivity contribution in [3.8, 4) is 17.2 Å². The van der Waals surface area contributed by atoms with E-state index < -0.39 is 0 Å². The second kappa shape index (κ2) is 9.94. The molecule has 5 rings (SSSR count). The number of fused-ring (bicyclic) bond motifs is 1. The SMILES string of the molecule is COc1ccc(N2CCN(Cc3c(O)ccc4c3O/C(=C/c3ccc(C(C)(C)C)cc3)C4=O)CC2)cc1. The van der Waals surface area contributed by atoms with Crippen LogP contribution in [0.2, 0.25) is 0 Å². The van der Waals surface area contributed by atoms with Gasteiger partial charge in [0.25, 0.3) is 0 Å². The number of anilines is 1. The van der Waals surface area contributed by atoms with Crippen LogP contribution in [0.15, 0.2) is 66.4 Å². The fourth-order valence-electron chi connectivity index (χ4n) is 4.86. The van der Waals surface area contributed by atoms with E-state index in [1.165, 1.54) is 11.3 Å². The molecule has 1 N–H and O–H groups in total. The highest BCUT2D eigenvalue weighted by atomic mass is 16.5. The van der Waals surface area contributed by atoms with Crippen molar-refractivity contribution in [1.82, 2.24) is 4.90 Å². The molecule has 2 aliphatic heterocycles. The van der Waals surface area contributed by atoms with E-state index in [4.69, 9.17) is 9.47 Å². The van der Waals surface area contributed by atoms with E-state index >= 15 is 0 Å². The van der Waals surface area contributed by atoms with Crippen molar-refractivity contribution in [1.29, 1.82) is 0 Å². The summed E-state index contributed by atoms with van der Waals surface area (Å²) in [5.74, 6) is 1.61. The van der Waals surface area contributed by atoms with E-state index in [2.05, 4.69) is 54.8 Å². The number of rotatable bonds is 5. The monoisotopic (exact) mass is 498 g/mol. The Hall–Kier alpha value is -3.77. The van der Waals surface area contributed by atoms with Crippen molar-refractivity contribution in [3.63, 3.8) is 0 Å². The lowest BCUT2D eigenvalue weighted by atomic mass is 9.86. The first-order valence-corrected chi connectivity index (χ1v) is 12.7. The number of carbonyl (C=O) groups excluding carboxylic acids is 1. The van der Waals surface area contributed by atoms with Gasteiger partial charge in [0.05, 0.1) is 18.2 Å². The quantitative estimate of drug-likeness (QED) is 0.460. The predicted molar refractivity (Wildman–Crippen MR) is 147 cm³/mol. The van der Waals surface area contributed by atoms with Crippen molar-refractivity contribution in [2.75, 3.05) is 38.2 Å². The molecule has 1 saturated heterocycles. The van der Waals surface area contributed by atoms with Crippen molar-refractivity contribution >= 4 is 17.5 Å². The summed E-state index contributed by atoms with van der Waals surface area (Å²) in [5, 5.41) is 10.7. The van der Waals surface area contributed by atoms with Crippen LogP contribution in [0, 0.1) is 0 Å². The molecule has 0 aromatic heterocycles. The normalized spacial score (nSPS) is 17.1. The molecule has 0 unspecified atom stereocenters. The zero-order valence-electron chi connectivity index (χ0n) is 22.0. The highest BCUT2D eigenvalue weighted by Gasteiger charge is 2.32. The van der Waals surface area contributed by atoms with Crippen molar-refractivity contribution in [2.45, 2.75) is 32.7 Å². The van der Waals surface area contributed by atoms with Gasteiger partial charge < -0.3 is 19.5 Å². The highest BCUT2D eigenvalue weighted by Crippen LogP contribution is 2.40. The number of aromatic hydroxyl groups is 1. The van der Waals surface area contributed by atoms with Crippen molar-refractivity contribution in [3.05, 3.63) is 88.7 Å². The maximum atomic E-state index is 13.1. The number of carbonyl (C=O) groups is 1. The number of phenols is 1. The number of allylic oxidation sites excluding steroid dienone is 1. The molecule has 0 atom stereocenters. The van der Waals surface area contributed by atoms with E-state index in [0.29, 0.717) is 23.4 Å². The summed E-state index contributed by atoms with van der Waals surface area (Å²) in [7, 11) is 1.67. The second-order valence-electron chi connectivity index (χ2n) is 10.7. The molecule has 2 heterocycles. The lowest BCUT2D eigenvalue weighted by Crippen LogP contribution is -2.46. The molecule has 192 valence electrons. The Morgan fingerprint density at radius 3 is 2.24 bits per heavy atom. The molecule has 0 bridgehead atoms. The molecular weight excluding hydrogens is 464 g/mol. The fraction of sp³-hybridized carbons (Fsp3) is 0.323. The summed E-state index contributed by atoms with van der Waals surface area (Å²) in [6.45, 7) is 10.5. The minimum Gasteiger partial charge on any atom is -0.507 e. The van der Waals surface area contributed by atoms with Crippen LogP contribution in [0.4, 0.5) is 5.69 Å². The molecule has 6 nitrogen and oxygen atoms in total. The van der Waals surface area contributed by atoms with Crippen LogP contribution in [0.1, 0.15) is 47.8 Å². The molecule has 0 saturated carbocycles. The highest BCUT2D eigenvalue weighted by molar-refractivity contribution is 6.15. The smallest absolute Gasteiger partial charge is 0.231 e. The largest absolute Gasteiger partial charge is 0.507 e. The minimum atomic E-state index is -0.152. The number of benzene rings is 3. The van der Waals surface area contributed by atoms with Gasteiger partial charge in [-0.3, -0.25) is 9.69 Å². The second-order valence-corrected chi connectivity index (χ2v) is 10.7. The summed E-state index contributed by atoms with van der Waals surface area (Å²) in [4.78, 5) is 17.8. The molecular formula is C31H34N2O4. The standard InChI is InChI=1S/C31H34N2O4/c1-31(2,3)22-7-5-21(6-8-22)19-28-29(35)25-13-14-27(34)26(30(25)37-28)20-32-15-17-33(18-16-32)23-9-11-24(36-4)12-10-23/h5-14,19,34H,15-18,20H2,1-4H3/b28-19+. The first-order chi connectivity index (χ1) is 17.7.